The van der Waals surface area contributed by atoms with Crippen LogP contribution in [0, 0.1) is 0 Å². The van der Waals surface area contributed by atoms with Crippen molar-refractivity contribution in [2.24, 2.45) is 0 Å². The summed E-state index contributed by atoms with van der Waals surface area (Å²) < 4.78 is 46.3. The van der Waals surface area contributed by atoms with Crippen molar-refractivity contribution >= 4 is 24.8 Å². The highest BCUT2D eigenvalue weighted by Crippen LogP contribution is 2.48. The SMILES string of the molecule is Nc1ncnc2c1ncn2[C@H]1CC(O)[C@@H](COP(=O)(O)O[C@H]2[C@H](O[C@H]3[C@H](O)[C@@H](O)[C@H](O)O[C@@H]3CO)O[C@H](CO)[C@@H](O)[C@@H]2O)O1. The number of phosphoric ester groups is 1. The van der Waals surface area contributed by atoms with Crippen LogP contribution in [-0.4, -0.2) is 159 Å². The molecule has 5 heterocycles. The highest BCUT2D eigenvalue weighted by Gasteiger charge is 2.53. The first-order valence-electron chi connectivity index (χ1n) is 13.4. The molecule has 0 aromatic carbocycles. The van der Waals surface area contributed by atoms with Gasteiger partial charge in [-0.2, -0.15) is 0 Å². The van der Waals surface area contributed by atoms with Gasteiger partial charge in [0.25, 0.3) is 0 Å². The van der Waals surface area contributed by atoms with Crippen LogP contribution in [0.25, 0.3) is 11.2 Å². The van der Waals surface area contributed by atoms with E-state index in [-0.39, 0.29) is 12.2 Å². The van der Waals surface area contributed by atoms with Crippen molar-refractivity contribution in [2.45, 2.75) is 86.3 Å². The highest BCUT2D eigenvalue weighted by molar-refractivity contribution is 7.47. The van der Waals surface area contributed by atoms with E-state index < -0.39 is 107 Å². The number of ether oxygens (including phenoxy) is 4. The number of hydrogen-bond acceptors (Lipinski definition) is 19. The first kappa shape index (κ1) is 33.3. The summed E-state index contributed by atoms with van der Waals surface area (Å²) in [5.74, 6) is 0.128. The van der Waals surface area contributed by atoms with Crippen LogP contribution in [-0.2, 0) is 32.6 Å². The number of aliphatic hydroxyl groups is 8. The van der Waals surface area contributed by atoms with Crippen LogP contribution in [0.5, 0.6) is 0 Å². The summed E-state index contributed by atoms with van der Waals surface area (Å²) >= 11 is 0. The van der Waals surface area contributed by atoms with Crippen LogP contribution in [0.15, 0.2) is 12.7 Å². The summed E-state index contributed by atoms with van der Waals surface area (Å²) in [6, 6.07) is 0. The number of aliphatic hydroxyl groups excluding tert-OH is 8. The predicted octanol–water partition coefficient (Wildman–Crippen LogP) is -5.19. The van der Waals surface area contributed by atoms with Gasteiger partial charge in [-0.15, -0.1) is 0 Å². The van der Waals surface area contributed by atoms with E-state index in [1.807, 2.05) is 0 Å². The maximum Gasteiger partial charge on any atom is 0.472 e. The number of anilines is 1. The van der Waals surface area contributed by atoms with Crippen LogP contribution in [0.4, 0.5) is 5.82 Å². The Bertz CT molecular complexity index is 1320. The van der Waals surface area contributed by atoms with Crippen molar-refractivity contribution < 1.29 is 78.3 Å². The van der Waals surface area contributed by atoms with E-state index in [1.165, 1.54) is 17.2 Å². The highest BCUT2D eigenvalue weighted by atomic mass is 31.2. The Morgan fingerprint density at radius 3 is 2.32 bits per heavy atom. The Morgan fingerprint density at radius 1 is 0.909 bits per heavy atom. The first-order valence-corrected chi connectivity index (χ1v) is 14.9. The molecule has 2 aromatic rings. The maximum atomic E-state index is 13.0. The molecule has 0 spiro atoms. The van der Waals surface area contributed by atoms with Crippen molar-refractivity contribution in [3.05, 3.63) is 12.7 Å². The van der Waals surface area contributed by atoms with Gasteiger partial charge in [-0.1, -0.05) is 0 Å². The number of nitrogens with two attached hydrogens (primary N) is 1. The van der Waals surface area contributed by atoms with Crippen molar-refractivity contribution in [3.63, 3.8) is 0 Å². The molecule has 44 heavy (non-hydrogen) atoms. The molecule has 0 bridgehead atoms. The van der Waals surface area contributed by atoms with Gasteiger partial charge < -0.3 is 70.4 Å². The number of nitrogen functional groups attached to an aromatic ring is 1. The summed E-state index contributed by atoms with van der Waals surface area (Å²) in [5, 5.41) is 81.0. The Kier molecular flexibility index (Phi) is 10.1. The minimum atomic E-state index is -5.18. The van der Waals surface area contributed by atoms with E-state index >= 15 is 0 Å². The zero-order valence-corrected chi connectivity index (χ0v) is 23.6. The molecule has 2 unspecified atom stereocenters. The minimum absolute atomic E-state index is 0.0121. The number of phosphoric acid groups is 1. The molecule has 2 aromatic heterocycles. The predicted molar refractivity (Wildman–Crippen MR) is 138 cm³/mol. The number of aromatic nitrogens is 4. The third-order valence-electron chi connectivity index (χ3n) is 7.51. The standard InChI is InChI=1S/C22H34N5O16P/c23-19-12-20(25-5-24-19)27(6-26-12)11-1-7(30)10(39-11)4-38-44(36,37)43-18-14(32)13(31)8(2-28)41-22(18)42-17-9(3-29)40-21(35)16(34)15(17)33/h5-11,13-18,21-22,28-35H,1-4H2,(H,36,37)(H2,23,24,25)/t7?,8-,9-,10-,11-,13-,14+,15-,16-,17-,18-,21-,22+/m1/s1. The van der Waals surface area contributed by atoms with Gasteiger partial charge in [0, 0.05) is 6.42 Å². The summed E-state index contributed by atoms with van der Waals surface area (Å²) in [7, 11) is -5.18. The largest absolute Gasteiger partial charge is 0.472 e. The van der Waals surface area contributed by atoms with Crippen molar-refractivity contribution in [1.29, 1.82) is 0 Å². The monoisotopic (exact) mass is 655 g/mol. The van der Waals surface area contributed by atoms with Crippen LogP contribution >= 0.6 is 7.82 Å². The summed E-state index contributed by atoms with van der Waals surface area (Å²) in [5.41, 5.74) is 6.42. The molecule has 3 aliphatic rings. The molecule has 0 aliphatic carbocycles. The summed E-state index contributed by atoms with van der Waals surface area (Å²) in [4.78, 5) is 22.6. The van der Waals surface area contributed by atoms with Crippen LogP contribution in [0.2, 0.25) is 0 Å². The summed E-state index contributed by atoms with van der Waals surface area (Å²) in [6.45, 7) is -2.38. The summed E-state index contributed by atoms with van der Waals surface area (Å²) in [6.07, 6.45) is -18.7. The fourth-order valence-electron chi connectivity index (χ4n) is 5.14. The molecule has 3 fully saturated rings. The molecule has 11 N–H and O–H groups in total. The fourth-order valence-corrected chi connectivity index (χ4v) is 6.06. The van der Waals surface area contributed by atoms with Gasteiger partial charge >= 0.3 is 7.82 Å². The van der Waals surface area contributed by atoms with E-state index in [1.54, 1.807) is 0 Å². The van der Waals surface area contributed by atoms with Gasteiger partial charge in [0.15, 0.2) is 24.0 Å². The Labute approximate surface area is 247 Å². The fraction of sp³-hybridized carbons (Fsp3) is 0.773. The van der Waals surface area contributed by atoms with E-state index in [4.69, 9.17) is 33.7 Å². The lowest BCUT2D eigenvalue weighted by Crippen LogP contribution is -2.64. The molecule has 3 aliphatic heterocycles. The van der Waals surface area contributed by atoms with Gasteiger partial charge in [0.05, 0.1) is 32.3 Å². The quantitative estimate of drug-likeness (QED) is 0.107. The van der Waals surface area contributed by atoms with Gasteiger partial charge in [-0.05, 0) is 0 Å². The zero-order valence-electron chi connectivity index (χ0n) is 22.7. The van der Waals surface area contributed by atoms with Crippen LogP contribution < -0.4 is 5.73 Å². The first-order chi connectivity index (χ1) is 20.8. The third-order valence-corrected chi connectivity index (χ3v) is 8.50. The molecular weight excluding hydrogens is 621 g/mol. The lowest BCUT2D eigenvalue weighted by molar-refractivity contribution is -0.353. The second-order valence-corrected chi connectivity index (χ2v) is 11.8. The number of imidazole rings is 1. The van der Waals surface area contributed by atoms with Gasteiger partial charge in [-0.3, -0.25) is 13.6 Å². The van der Waals surface area contributed by atoms with E-state index in [0.29, 0.717) is 11.2 Å². The number of rotatable bonds is 10. The van der Waals surface area contributed by atoms with E-state index in [2.05, 4.69) is 15.0 Å². The third kappa shape index (κ3) is 6.59. The molecule has 248 valence electrons. The van der Waals surface area contributed by atoms with E-state index in [0.717, 1.165) is 0 Å². The molecule has 22 heteroatoms. The molecule has 0 radical (unpaired) electrons. The second kappa shape index (κ2) is 13.4. The lowest BCUT2D eigenvalue weighted by atomic mass is 9.97. The number of fused-ring (bicyclic) bond motifs is 1. The molecule has 3 saturated heterocycles. The van der Waals surface area contributed by atoms with Crippen molar-refractivity contribution in [3.8, 4) is 0 Å². The van der Waals surface area contributed by atoms with Gasteiger partial charge in [0.1, 0.15) is 73.0 Å². The minimum Gasteiger partial charge on any atom is -0.394 e. The average molecular weight is 656 g/mol. The molecule has 5 rings (SSSR count). The average Bonchev–Trinajstić information content (AvgIpc) is 3.59. The van der Waals surface area contributed by atoms with E-state index in [9.17, 15) is 50.3 Å². The molecule has 0 amide bonds. The zero-order chi connectivity index (χ0) is 31.9. The Morgan fingerprint density at radius 2 is 1.61 bits per heavy atom. The van der Waals surface area contributed by atoms with Crippen LogP contribution in [0.3, 0.4) is 0 Å². The Balaban J connectivity index is 1.27. The van der Waals surface area contributed by atoms with Crippen molar-refractivity contribution in [1.82, 2.24) is 19.5 Å². The number of nitrogens with zero attached hydrogens (tertiary/aromatic N) is 4. The van der Waals surface area contributed by atoms with Crippen molar-refractivity contribution in [2.75, 3.05) is 25.6 Å². The van der Waals surface area contributed by atoms with Crippen LogP contribution in [0.1, 0.15) is 12.6 Å². The van der Waals surface area contributed by atoms with Gasteiger partial charge in [-0.25, -0.2) is 19.5 Å². The molecular formula is C22H34N5O16P. The number of hydrogen-bond donors (Lipinski definition) is 10. The smallest absolute Gasteiger partial charge is 0.394 e. The maximum absolute atomic E-state index is 13.0. The molecule has 21 nitrogen and oxygen atoms in total. The lowest BCUT2D eigenvalue weighted by Gasteiger charge is -2.46. The molecule has 14 atom stereocenters. The second-order valence-electron chi connectivity index (χ2n) is 10.4. The molecule has 0 saturated carbocycles. The topological polar surface area (TPSA) is 324 Å². The van der Waals surface area contributed by atoms with Gasteiger partial charge in [0.2, 0.25) is 0 Å². The normalized spacial score (nSPS) is 41.2. The Hall–Kier alpha value is -2.02.